The van der Waals surface area contributed by atoms with Gasteiger partial charge < -0.3 is 11.1 Å². The van der Waals surface area contributed by atoms with E-state index in [1.54, 1.807) is 12.3 Å². The SMILES string of the molecule is NC1NC=CC=C1F. The van der Waals surface area contributed by atoms with E-state index in [1.165, 1.54) is 6.08 Å². The van der Waals surface area contributed by atoms with Crippen LogP contribution < -0.4 is 11.1 Å². The maximum atomic E-state index is 12.2. The minimum atomic E-state index is -0.639. The highest BCUT2D eigenvalue weighted by Crippen LogP contribution is 2.02. The second-order valence-electron chi connectivity index (χ2n) is 1.56. The number of hydrogen-bond acceptors (Lipinski definition) is 2. The van der Waals surface area contributed by atoms with Gasteiger partial charge in [-0.05, 0) is 18.4 Å². The summed E-state index contributed by atoms with van der Waals surface area (Å²) >= 11 is 0. The average molecular weight is 114 g/mol. The number of hydrogen-bond donors (Lipinski definition) is 2. The highest BCUT2D eigenvalue weighted by molar-refractivity contribution is 5.15. The van der Waals surface area contributed by atoms with Crippen LogP contribution >= 0.6 is 0 Å². The van der Waals surface area contributed by atoms with Crippen LogP contribution in [-0.4, -0.2) is 6.17 Å². The van der Waals surface area contributed by atoms with Crippen molar-refractivity contribution >= 4 is 0 Å². The summed E-state index contributed by atoms with van der Waals surface area (Å²) < 4.78 is 12.2. The van der Waals surface area contributed by atoms with Crippen LogP contribution in [0.1, 0.15) is 0 Å². The molecule has 0 aliphatic carbocycles. The van der Waals surface area contributed by atoms with Gasteiger partial charge in [0.1, 0.15) is 12.0 Å². The summed E-state index contributed by atoms with van der Waals surface area (Å²) in [6.07, 6.45) is 3.87. The van der Waals surface area contributed by atoms with E-state index in [-0.39, 0.29) is 5.83 Å². The lowest BCUT2D eigenvalue weighted by molar-refractivity contribution is 0.507. The zero-order valence-corrected chi connectivity index (χ0v) is 4.26. The molecule has 8 heavy (non-hydrogen) atoms. The topological polar surface area (TPSA) is 38.0 Å². The summed E-state index contributed by atoms with van der Waals surface area (Å²) in [7, 11) is 0. The Kier molecular flexibility index (Phi) is 1.30. The summed E-state index contributed by atoms with van der Waals surface area (Å²) in [6, 6.07) is 0. The Hall–Kier alpha value is -0.830. The zero-order valence-electron chi connectivity index (χ0n) is 4.26. The molecular formula is C5H7FN2. The van der Waals surface area contributed by atoms with Crippen molar-refractivity contribution in [3.05, 3.63) is 24.2 Å². The molecule has 0 saturated carbocycles. The molecule has 2 nitrogen and oxygen atoms in total. The van der Waals surface area contributed by atoms with Gasteiger partial charge in [0.05, 0.1) is 0 Å². The molecule has 0 fully saturated rings. The van der Waals surface area contributed by atoms with E-state index in [4.69, 9.17) is 5.73 Å². The van der Waals surface area contributed by atoms with Gasteiger partial charge in [-0.2, -0.15) is 0 Å². The third-order valence-corrected chi connectivity index (χ3v) is 0.925. The minimum Gasteiger partial charge on any atom is -0.370 e. The van der Waals surface area contributed by atoms with Gasteiger partial charge in [-0.25, -0.2) is 4.39 Å². The first kappa shape index (κ1) is 5.31. The first-order valence-electron chi connectivity index (χ1n) is 2.34. The summed E-state index contributed by atoms with van der Waals surface area (Å²) in [6.45, 7) is 0. The predicted octanol–water partition coefficient (Wildman–Crippen LogP) is 0.242. The molecule has 0 saturated heterocycles. The molecule has 1 rings (SSSR count). The van der Waals surface area contributed by atoms with E-state index in [0.717, 1.165) is 0 Å². The van der Waals surface area contributed by atoms with Crippen molar-refractivity contribution in [1.82, 2.24) is 5.32 Å². The van der Waals surface area contributed by atoms with Gasteiger partial charge in [0, 0.05) is 0 Å². The lowest BCUT2D eigenvalue weighted by atomic mass is 10.3. The molecule has 0 aromatic heterocycles. The Morgan fingerprint density at radius 1 is 1.75 bits per heavy atom. The molecule has 0 bridgehead atoms. The van der Waals surface area contributed by atoms with Gasteiger partial charge in [0.15, 0.2) is 0 Å². The molecule has 1 heterocycles. The van der Waals surface area contributed by atoms with E-state index >= 15 is 0 Å². The Labute approximate surface area is 46.9 Å². The summed E-state index contributed by atoms with van der Waals surface area (Å²) in [4.78, 5) is 0. The fourth-order valence-electron chi connectivity index (χ4n) is 0.483. The van der Waals surface area contributed by atoms with E-state index < -0.39 is 6.17 Å². The van der Waals surface area contributed by atoms with Gasteiger partial charge in [0.2, 0.25) is 0 Å². The monoisotopic (exact) mass is 114 g/mol. The van der Waals surface area contributed by atoms with E-state index in [9.17, 15) is 4.39 Å². The van der Waals surface area contributed by atoms with Crippen LogP contribution in [0.15, 0.2) is 24.2 Å². The molecule has 0 amide bonds. The molecule has 44 valence electrons. The molecule has 1 atom stereocenters. The Bertz CT molecular complexity index is 139. The Morgan fingerprint density at radius 2 is 2.50 bits per heavy atom. The van der Waals surface area contributed by atoms with Crippen LogP contribution in [-0.2, 0) is 0 Å². The molecule has 0 aromatic carbocycles. The zero-order chi connectivity index (χ0) is 5.98. The predicted molar refractivity (Wildman–Crippen MR) is 29.4 cm³/mol. The molecule has 1 aliphatic rings. The largest absolute Gasteiger partial charge is 0.370 e. The summed E-state index contributed by atoms with van der Waals surface area (Å²) in [5.74, 6) is -0.326. The van der Waals surface area contributed by atoms with E-state index in [1.807, 2.05) is 0 Å². The number of nitrogens with one attached hydrogen (secondary N) is 1. The number of rotatable bonds is 0. The molecule has 0 spiro atoms. The van der Waals surface area contributed by atoms with Crippen molar-refractivity contribution in [2.24, 2.45) is 5.73 Å². The highest BCUT2D eigenvalue weighted by atomic mass is 19.1. The lowest BCUT2D eigenvalue weighted by Crippen LogP contribution is -2.35. The number of dihydropyridines is 1. The standard InChI is InChI=1S/C5H7FN2/c6-4-2-1-3-8-5(4)7/h1-3,5,8H,7H2. The maximum Gasteiger partial charge on any atom is 0.137 e. The first-order chi connectivity index (χ1) is 3.80. The van der Waals surface area contributed by atoms with Crippen LogP contribution in [0.3, 0.4) is 0 Å². The molecule has 1 unspecified atom stereocenters. The minimum absolute atomic E-state index is 0.326. The van der Waals surface area contributed by atoms with Crippen LogP contribution in [0.5, 0.6) is 0 Å². The fraction of sp³-hybridized carbons (Fsp3) is 0.200. The molecule has 3 N–H and O–H groups in total. The van der Waals surface area contributed by atoms with Crippen molar-refractivity contribution in [3.8, 4) is 0 Å². The smallest absolute Gasteiger partial charge is 0.137 e. The molecule has 0 aromatic rings. The van der Waals surface area contributed by atoms with Gasteiger partial charge in [-0.1, -0.05) is 0 Å². The molecule has 1 aliphatic heterocycles. The second-order valence-corrected chi connectivity index (χ2v) is 1.56. The van der Waals surface area contributed by atoms with Crippen molar-refractivity contribution in [3.63, 3.8) is 0 Å². The van der Waals surface area contributed by atoms with Crippen LogP contribution in [0.2, 0.25) is 0 Å². The number of nitrogens with two attached hydrogens (primary N) is 1. The van der Waals surface area contributed by atoms with Gasteiger partial charge >= 0.3 is 0 Å². The van der Waals surface area contributed by atoms with Crippen LogP contribution in [0.4, 0.5) is 4.39 Å². The fourth-order valence-corrected chi connectivity index (χ4v) is 0.483. The van der Waals surface area contributed by atoms with Crippen LogP contribution in [0, 0.1) is 0 Å². The number of allylic oxidation sites excluding steroid dienone is 2. The van der Waals surface area contributed by atoms with Crippen molar-refractivity contribution in [2.75, 3.05) is 0 Å². The summed E-state index contributed by atoms with van der Waals surface area (Å²) in [5.41, 5.74) is 5.17. The molecular weight excluding hydrogens is 107 g/mol. The van der Waals surface area contributed by atoms with Crippen molar-refractivity contribution in [2.45, 2.75) is 6.17 Å². The molecule has 0 radical (unpaired) electrons. The first-order valence-corrected chi connectivity index (χ1v) is 2.34. The maximum absolute atomic E-state index is 12.2. The second kappa shape index (κ2) is 1.96. The number of halogens is 1. The lowest BCUT2D eigenvalue weighted by Gasteiger charge is -2.11. The van der Waals surface area contributed by atoms with Crippen molar-refractivity contribution in [1.29, 1.82) is 0 Å². The van der Waals surface area contributed by atoms with Gasteiger partial charge in [0.25, 0.3) is 0 Å². The quantitative estimate of drug-likeness (QED) is 0.473. The third kappa shape index (κ3) is 0.869. The normalized spacial score (nSPS) is 26.8. The Morgan fingerprint density at radius 3 is 2.88 bits per heavy atom. The van der Waals surface area contributed by atoms with E-state index in [0.29, 0.717) is 0 Å². The van der Waals surface area contributed by atoms with E-state index in [2.05, 4.69) is 5.32 Å². The average Bonchev–Trinajstić information content (AvgIpc) is 1.77. The van der Waals surface area contributed by atoms with Crippen LogP contribution in [0.25, 0.3) is 0 Å². The molecule has 3 heteroatoms. The Balaban J connectivity index is 2.66. The van der Waals surface area contributed by atoms with Gasteiger partial charge in [-0.15, -0.1) is 0 Å². The van der Waals surface area contributed by atoms with Crippen molar-refractivity contribution < 1.29 is 4.39 Å². The highest BCUT2D eigenvalue weighted by Gasteiger charge is 2.05. The summed E-state index contributed by atoms with van der Waals surface area (Å²) in [5, 5.41) is 2.59. The third-order valence-electron chi connectivity index (χ3n) is 0.925. The van der Waals surface area contributed by atoms with Gasteiger partial charge in [-0.3, -0.25) is 0 Å².